The van der Waals surface area contributed by atoms with Crippen LogP contribution in [0.3, 0.4) is 0 Å². The molecule has 0 aliphatic heterocycles. The normalized spacial score (nSPS) is 11.8. The van der Waals surface area contributed by atoms with Crippen molar-refractivity contribution >= 4 is 0 Å². The number of hydrogen-bond acceptors (Lipinski definition) is 2. The molecule has 0 aromatic heterocycles. The molecule has 0 radical (unpaired) electrons. The van der Waals surface area contributed by atoms with Gasteiger partial charge in [0.05, 0.1) is 13.2 Å². The Morgan fingerprint density at radius 2 is 1.21 bits per heavy atom. The maximum atomic E-state index is 9.82. The highest BCUT2D eigenvalue weighted by molar-refractivity contribution is 5.16. The first kappa shape index (κ1) is 21.2. The standard InChI is InChI=1S/C22H38O2/c1-2-3-4-5-6-7-8-9-10-14-17-22(19-23,20-24)18-21-15-12-11-13-16-21/h11-13,15-16,23-24H,2-10,14,17-20H2,1H3. The fourth-order valence-corrected chi connectivity index (χ4v) is 3.42. The van der Waals surface area contributed by atoms with E-state index in [0.29, 0.717) is 0 Å². The summed E-state index contributed by atoms with van der Waals surface area (Å²) in [5.74, 6) is 0. The molecule has 1 aromatic carbocycles. The maximum Gasteiger partial charge on any atom is 0.0512 e. The zero-order chi connectivity index (χ0) is 17.5. The van der Waals surface area contributed by atoms with E-state index < -0.39 is 0 Å². The van der Waals surface area contributed by atoms with E-state index in [9.17, 15) is 10.2 Å². The molecule has 0 bridgehead atoms. The second kappa shape index (κ2) is 13.4. The number of unbranched alkanes of at least 4 members (excludes halogenated alkanes) is 9. The molecule has 0 spiro atoms. The predicted molar refractivity (Wildman–Crippen MR) is 103 cm³/mol. The van der Waals surface area contributed by atoms with Crippen LogP contribution in [-0.2, 0) is 6.42 Å². The van der Waals surface area contributed by atoms with Crippen LogP contribution in [0.1, 0.15) is 83.1 Å². The molecule has 138 valence electrons. The minimum Gasteiger partial charge on any atom is -0.396 e. The third-order valence-corrected chi connectivity index (χ3v) is 5.15. The molecule has 2 heteroatoms. The molecule has 1 rings (SSSR count). The highest BCUT2D eigenvalue weighted by atomic mass is 16.3. The highest BCUT2D eigenvalue weighted by Crippen LogP contribution is 2.29. The largest absolute Gasteiger partial charge is 0.396 e. The lowest BCUT2D eigenvalue weighted by Gasteiger charge is -2.30. The Morgan fingerprint density at radius 3 is 1.71 bits per heavy atom. The van der Waals surface area contributed by atoms with Gasteiger partial charge in [0.1, 0.15) is 0 Å². The molecule has 0 atom stereocenters. The lowest BCUT2D eigenvalue weighted by atomic mass is 9.78. The van der Waals surface area contributed by atoms with Crippen LogP contribution in [0.2, 0.25) is 0 Å². The zero-order valence-electron chi connectivity index (χ0n) is 15.7. The molecule has 0 amide bonds. The van der Waals surface area contributed by atoms with Gasteiger partial charge >= 0.3 is 0 Å². The quantitative estimate of drug-likeness (QED) is 0.415. The molecule has 0 fully saturated rings. The van der Waals surface area contributed by atoms with Crippen LogP contribution in [0.5, 0.6) is 0 Å². The second-order valence-electron chi connectivity index (χ2n) is 7.41. The molecular weight excluding hydrogens is 296 g/mol. The number of aliphatic hydroxyl groups excluding tert-OH is 2. The summed E-state index contributed by atoms with van der Waals surface area (Å²) < 4.78 is 0. The third kappa shape index (κ3) is 8.84. The summed E-state index contributed by atoms with van der Waals surface area (Å²) in [6.07, 6.45) is 14.8. The molecule has 0 heterocycles. The average Bonchev–Trinajstić information content (AvgIpc) is 2.63. The van der Waals surface area contributed by atoms with E-state index in [-0.39, 0.29) is 18.6 Å². The monoisotopic (exact) mass is 334 g/mol. The molecule has 0 saturated carbocycles. The van der Waals surface area contributed by atoms with E-state index in [1.807, 2.05) is 18.2 Å². The van der Waals surface area contributed by atoms with Crippen LogP contribution >= 0.6 is 0 Å². The fourth-order valence-electron chi connectivity index (χ4n) is 3.42. The van der Waals surface area contributed by atoms with Crippen molar-refractivity contribution in [1.29, 1.82) is 0 Å². The van der Waals surface area contributed by atoms with Crippen molar-refractivity contribution in [2.75, 3.05) is 13.2 Å². The number of hydrogen-bond donors (Lipinski definition) is 2. The maximum absolute atomic E-state index is 9.82. The van der Waals surface area contributed by atoms with Gasteiger partial charge in [-0.25, -0.2) is 0 Å². The van der Waals surface area contributed by atoms with Gasteiger partial charge in [-0.2, -0.15) is 0 Å². The lowest BCUT2D eigenvalue weighted by molar-refractivity contribution is 0.0449. The Labute approximate surface area is 149 Å². The van der Waals surface area contributed by atoms with Gasteiger partial charge in [0, 0.05) is 5.41 Å². The summed E-state index contributed by atoms with van der Waals surface area (Å²) in [5, 5.41) is 19.6. The van der Waals surface area contributed by atoms with Gasteiger partial charge in [0.15, 0.2) is 0 Å². The van der Waals surface area contributed by atoms with E-state index in [1.165, 1.54) is 63.4 Å². The first-order valence-corrected chi connectivity index (χ1v) is 10.0. The predicted octanol–water partition coefficient (Wildman–Crippen LogP) is 5.51. The van der Waals surface area contributed by atoms with E-state index in [2.05, 4.69) is 19.1 Å². The first-order valence-electron chi connectivity index (χ1n) is 10.0. The smallest absolute Gasteiger partial charge is 0.0512 e. The fraction of sp³-hybridized carbons (Fsp3) is 0.727. The van der Waals surface area contributed by atoms with E-state index >= 15 is 0 Å². The van der Waals surface area contributed by atoms with Crippen molar-refractivity contribution in [3.8, 4) is 0 Å². The van der Waals surface area contributed by atoms with E-state index in [4.69, 9.17) is 0 Å². The van der Waals surface area contributed by atoms with E-state index in [1.54, 1.807) is 0 Å². The van der Waals surface area contributed by atoms with Crippen LogP contribution in [0.15, 0.2) is 30.3 Å². The van der Waals surface area contributed by atoms with Crippen molar-refractivity contribution in [2.24, 2.45) is 5.41 Å². The molecule has 0 aliphatic carbocycles. The molecule has 2 nitrogen and oxygen atoms in total. The SMILES string of the molecule is CCCCCCCCCCCCC(CO)(CO)Cc1ccccc1. The topological polar surface area (TPSA) is 40.5 Å². The van der Waals surface area contributed by atoms with Gasteiger partial charge in [-0.05, 0) is 18.4 Å². The summed E-state index contributed by atoms with van der Waals surface area (Å²) in [6, 6.07) is 10.2. The Kier molecular flexibility index (Phi) is 11.9. The van der Waals surface area contributed by atoms with Gasteiger partial charge in [-0.1, -0.05) is 101 Å². The van der Waals surface area contributed by atoms with Gasteiger partial charge in [-0.3, -0.25) is 0 Å². The molecule has 2 N–H and O–H groups in total. The molecule has 0 aliphatic rings. The van der Waals surface area contributed by atoms with Crippen LogP contribution < -0.4 is 0 Å². The minimum atomic E-state index is -0.360. The summed E-state index contributed by atoms with van der Waals surface area (Å²) in [7, 11) is 0. The van der Waals surface area contributed by atoms with Crippen LogP contribution in [0, 0.1) is 5.41 Å². The summed E-state index contributed by atoms with van der Waals surface area (Å²) in [6.45, 7) is 2.39. The number of aliphatic hydroxyl groups is 2. The van der Waals surface area contributed by atoms with Gasteiger partial charge in [0.25, 0.3) is 0 Å². The summed E-state index contributed by atoms with van der Waals surface area (Å²) in [4.78, 5) is 0. The Balaban J connectivity index is 2.17. The van der Waals surface area contributed by atoms with Crippen molar-refractivity contribution in [3.05, 3.63) is 35.9 Å². The average molecular weight is 335 g/mol. The van der Waals surface area contributed by atoms with Crippen molar-refractivity contribution in [2.45, 2.75) is 84.0 Å². The van der Waals surface area contributed by atoms with Crippen LogP contribution in [0.25, 0.3) is 0 Å². The van der Waals surface area contributed by atoms with Gasteiger partial charge in [-0.15, -0.1) is 0 Å². The minimum absolute atomic E-state index is 0.0653. The lowest BCUT2D eigenvalue weighted by Crippen LogP contribution is -2.32. The van der Waals surface area contributed by atoms with Crippen LogP contribution in [0.4, 0.5) is 0 Å². The Hall–Kier alpha value is -0.860. The van der Waals surface area contributed by atoms with E-state index in [0.717, 1.165) is 19.3 Å². The van der Waals surface area contributed by atoms with Crippen LogP contribution in [-0.4, -0.2) is 23.4 Å². The zero-order valence-corrected chi connectivity index (χ0v) is 15.7. The van der Waals surface area contributed by atoms with Crippen molar-refractivity contribution in [1.82, 2.24) is 0 Å². The molecular formula is C22H38O2. The molecule has 0 saturated heterocycles. The number of rotatable bonds is 15. The molecule has 24 heavy (non-hydrogen) atoms. The second-order valence-corrected chi connectivity index (χ2v) is 7.41. The van der Waals surface area contributed by atoms with Crippen molar-refractivity contribution < 1.29 is 10.2 Å². The summed E-state index contributed by atoms with van der Waals surface area (Å²) in [5.41, 5.74) is 0.842. The highest BCUT2D eigenvalue weighted by Gasteiger charge is 2.28. The van der Waals surface area contributed by atoms with Gasteiger partial charge < -0.3 is 10.2 Å². The van der Waals surface area contributed by atoms with Crippen molar-refractivity contribution in [3.63, 3.8) is 0 Å². The Bertz CT molecular complexity index is 384. The van der Waals surface area contributed by atoms with Gasteiger partial charge in [0.2, 0.25) is 0 Å². The Morgan fingerprint density at radius 1 is 0.708 bits per heavy atom. The third-order valence-electron chi connectivity index (χ3n) is 5.15. The molecule has 0 unspecified atom stereocenters. The number of benzene rings is 1. The first-order chi connectivity index (χ1) is 11.8. The molecule has 1 aromatic rings. The summed E-state index contributed by atoms with van der Waals surface area (Å²) >= 11 is 0.